The number of hydrogen-bond acceptors (Lipinski definition) is 7. The average Bonchev–Trinajstić information content (AvgIpc) is 3.15. The maximum Gasteiger partial charge on any atom is 0.238 e. The minimum atomic E-state index is -0.849. The molecular weight excluding hydrogens is 414 g/mol. The molecule has 0 saturated heterocycles. The number of Topliss-reactive ketones (excluding diaryl/α,β-unsaturated/α-hetero) is 1. The van der Waals surface area contributed by atoms with E-state index in [1.54, 1.807) is 0 Å². The van der Waals surface area contributed by atoms with E-state index in [-0.39, 0.29) is 29.8 Å². The third-order valence-electron chi connectivity index (χ3n) is 4.64. The molecule has 164 valence electrons. The zero-order valence-electron chi connectivity index (χ0n) is 17.6. The molecule has 0 spiro atoms. The van der Waals surface area contributed by atoms with Gasteiger partial charge in [-0.15, -0.1) is 0 Å². The molecule has 2 aromatic rings. The van der Waals surface area contributed by atoms with Crippen LogP contribution in [-0.2, 0) is 20.8 Å². The number of amides is 1. The van der Waals surface area contributed by atoms with Crippen molar-refractivity contribution in [3.8, 4) is 6.07 Å². The summed E-state index contributed by atoms with van der Waals surface area (Å²) >= 11 is 1.10. The van der Waals surface area contributed by atoms with E-state index in [4.69, 9.17) is 10.7 Å². The molecule has 0 unspecified atom stereocenters. The second-order valence-electron chi connectivity index (χ2n) is 7.35. The van der Waals surface area contributed by atoms with E-state index in [1.807, 2.05) is 50.4 Å². The van der Waals surface area contributed by atoms with E-state index in [0.717, 1.165) is 28.2 Å². The number of fused-ring (bicyclic) bond motifs is 1. The first-order valence-corrected chi connectivity index (χ1v) is 10.9. The van der Waals surface area contributed by atoms with Crippen molar-refractivity contribution in [2.75, 3.05) is 6.54 Å². The van der Waals surface area contributed by atoms with Gasteiger partial charge in [-0.3, -0.25) is 19.7 Å². The molecule has 4 N–H and O–H groups in total. The summed E-state index contributed by atoms with van der Waals surface area (Å²) in [6.45, 7) is 3.73. The van der Waals surface area contributed by atoms with Crippen molar-refractivity contribution in [1.29, 1.82) is 10.7 Å². The second-order valence-corrected chi connectivity index (χ2v) is 8.93. The van der Waals surface area contributed by atoms with Gasteiger partial charge in [-0.05, 0) is 24.5 Å². The quantitative estimate of drug-likeness (QED) is 0.295. The number of para-hydroxylation sites is 1. The van der Waals surface area contributed by atoms with Crippen LogP contribution in [0.25, 0.3) is 10.9 Å². The van der Waals surface area contributed by atoms with Crippen LogP contribution in [-0.4, -0.2) is 51.9 Å². The van der Waals surface area contributed by atoms with E-state index in [9.17, 15) is 14.4 Å². The fourth-order valence-electron chi connectivity index (χ4n) is 3.14. The molecule has 1 aromatic carbocycles. The van der Waals surface area contributed by atoms with Crippen molar-refractivity contribution >= 4 is 45.7 Å². The maximum absolute atomic E-state index is 13.0. The van der Waals surface area contributed by atoms with Crippen molar-refractivity contribution in [2.24, 2.45) is 0 Å². The molecular formula is C22H27N5O3S. The third-order valence-corrected chi connectivity index (χ3v) is 5.62. The summed E-state index contributed by atoms with van der Waals surface area (Å²) < 4.78 is 0. The Balaban J connectivity index is 2.17. The minimum Gasteiger partial charge on any atom is -0.361 e. The summed E-state index contributed by atoms with van der Waals surface area (Å²) in [5.74, 6) is -0.815. The fourth-order valence-corrected chi connectivity index (χ4v) is 3.95. The van der Waals surface area contributed by atoms with Gasteiger partial charge in [0.15, 0.2) is 5.78 Å². The highest BCUT2D eigenvalue weighted by atomic mass is 32.2. The van der Waals surface area contributed by atoms with Crippen LogP contribution in [0.3, 0.4) is 0 Å². The number of thioether (sulfide) groups is 1. The van der Waals surface area contributed by atoms with Gasteiger partial charge in [0.25, 0.3) is 0 Å². The lowest BCUT2D eigenvalue weighted by Crippen LogP contribution is -2.51. The number of H-pyrrole nitrogens is 1. The van der Waals surface area contributed by atoms with Crippen LogP contribution in [0.1, 0.15) is 32.3 Å². The fraction of sp³-hybridized carbons (Fsp3) is 0.409. The second kappa shape index (κ2) is 12.0. The lowest BCUT2D eigenvalue weighted by atomic mass is 10.0. The Labute approximate surface area is 185 Å². The number of aromatic nitrogens is 1. The minimum absolute atomic E-state index is 0.00240. The van der Waals surface area contributed by atoms with Gasteiger partial charge in [-0.25, -0.2) is 0 Å². The summed E-state index contributed by atoms with van der Waals surface area (Å²) in [6, 6.07) is 8.13. The molecule has 2 atom stereocenters. The third kappa shape index (κ3) is 7.35. The first-order chi connectivity index (χ1) is 14.8. The number of ketones is 1. The molecule has 1 amide bonds. The molecule has 0 aliphatic rings. The normalized spacial score (nSPS) is 12.8. The monoisotopic (exact) mass is 441 g/mol. The number of carbonyl (C=O) groups excluding carboxylic acids is 3. The summed E-state index contributed by atoms with van der Waals surface area (Å²) in [5, 5.41) is 22.5. The Morgan fingerprint density at radius 1 is 1.26 bits per heavy atom. The van der Waals surface area contributed by atoms with Crippen LogP contribution in [0.5, 0.6) is 0 Å². The lowest BCUT2D eigenvalue weighted by Gasteiger charge is -2.22. The van der Waals surface area contributed by atoms with E-state index < -0.39 is 23.8 Å². The van der Waals surface area contributed by atoms with Gasteiger partial charge in [-0.2, -0.15) is 5.26 Å². The topological polar surface area (TPSA) is 139 Å². The number of hydrogen-bond donors (Lipinski definition) is 4. The molecule has 0 aliphatic heterocycles. The van der Waals surface area contributed by atoms with E-state index >= 15 is 0 Å². The van der Waals surface area contributed by atoms with Crippen molar-refractivity contribution in [3.05, 3.63) is 36.0 Å². The first kappa shape index (κ1) is 24.3. The summed E-state index contributed by atoms with van der Waals surface area (Å²) in [7, 11) is 0. The van der Waals surface area contributed by atoms with E-state index in [0.29, 0.717) is 12.6 Å². The Morgan fingerprint density at radius 2 is 2.00 bits per heavy atom. The average molecular weight is 442 g/mol. The molecule has 9 heteroatoms. The van der Waals surface area contributed by atoms with Crippen LogP contribution < -0.4 is 10.6 Å². The summed E-state index contributed by atoms with van der Waals surface area (Å²) in [4.78, 5) is 40.4. The highest BCUT2D eigenvalue weighted by Crippen LogP contribution is 2.20. The van der Waals surface area contributed by atoms with Crippen molar-refractivity contribution in [1.82, 2.24) is 15.6 Å². The van der Waals surface area contributed by atoms with Gasteiger partial charge in [-0.1, -0.05) is 43.8 Å². The Kier molecular flexibility index (Phi) is 9.43. The molecule has 0 bridgehead atoms. The highest BCUT2D eigenvalue weighted by Gasteiger charge is 2.27. The number of nitrogens with one attached hydrogen (secondary N) is 4. The number of nitriles is 1. The molecule has 0 aliphatic carbocycles. The van der Waals surface area contributed by atoms with Crippen LogP contribution in [0.15, 0.2) is 30.5 Å². The van der Waals surface area contributed by atoms with Crippen molar-refractivity contribution < 1.29 is 14.4 Å². The van der Waals surface area contributed by atoms with Crippen LogP contribution in [0.4, 0.5) is 0 Å². The number of nitrogens with zero attached hydrogens (tertiary/aromatic N) is 1. The molecule has 31 heavy (non-hydrogen) atoms. The largest absolute Gasteiger partial charge is 0.361 e. The molecule has 0 saturated carbocycles. The van der Waals surface area contributed by atoms with Crippen LogP contribution in [0, 0.1) is 16.7 Å². The zero-order valence-corrected chi connectivity index (χ0v) is 18.4. The zero-order chi connectivity index (χ0) is 22.8. The molecule has 1 aromatic heterocycles. The van der Waals surface area contributed by atoms with Crippen molar-refractivity contribution in [2.45, 2.75) is 50.4 Å². The molecule has 0 radical (unpaired) electrons. The Bertz CT molecular complexity index is 979. The molecule has 1 heterocycles. The van der Waals surface area contributed by atoms with Gasteiger partial charge >= 0.3 is 0 Å². The number of aromatic amines is 1. The van der Waals surface area contributed by atoms with Crippen molar-refractivity contribution in [3.63, 3.8) is 0 Å². The standard InChI is InChI=1S/C22H27N5O3S/c1-14(2)31-22(30)19(8-7-16(28)12-24)27-21(29)20(25-10-9-23)11-15-13-26-18-6-4-3-5-17(15)18/h3-6,12-14,19-20,24-26H,7-8,10-11H2,1-2H3,(H,27,29)/t19-,20-/m0/s1. The molecule has 0 fully saturated rings. The van der Waals surface area contributed by atoms with E-state index in [1.165, 1.54) is 0 Å². The van der Waals surface area contributed by atoms with Gasteiger partial charge in [0.05, 0.1) is 30.9 Å². The number of carbonyl (C=O) groups is 3. The van der Waals surface area contributed by atoms with Gasteiger partial charge < -0.3 is 15.7 Å². The summed E-state index contributed by atoms with van der Waals surface area (Å²) in [6.07, 6.45) is 3.00. The smallest absolute Gasteiger partial charge is 0.238 e. The number of rotatable bonds is 12. The Morgan fingerprint density at radius 3 is 2.68 bits per heavy atom. The van der Waals surface area contributed by atoms with Crippen LogP contribution >= 0.6 is 11.8 Å². The first-order valence-electron chi connectivity index (χ1n) is 10.0. The number of benzene rings is 1. The van der Waals surface area contributed by atoms with Crippen LogP contribution in [0.2, 0.25) is 0 Å². The lowest BCUT2D eigenvalue weighted by molar-refractivity contribution is -0.126. The van der Waals surface area contributed by atoms with E-state index in [2.05, 4.69) is 15.6 Å². The molecule has 2 rings (SSSR count). The predicted molar refractivity (Wildman–Crippen MR) is 122 cm³/mol. The SMILES string of the molecule is CC(C)SC(=O)[C@H](CCC(=O)C=N)NC(=O)[C@H](Cc1c[nH]c2ccccc12)NCC#N. The van der Waals surface area contributed by atoms with Gasteiger partial charge in [0.1, 0.15) is 0 Å². The Hall–Kier alpha value is -2.96. The highest BCUT2D eigenvalue weighted by molar-refractivity contribution is 8.14. The van der Waals surface area contributed by atoms with Gasteiger partial charge in [0, 0.05) is 28.8 Å². The molecule has 8 nitrogen and oxygen atoms in total. The van der Waals surface area contributed by atoms with Gasteiger partial charge in [0.2, 0.25) is 11.0 Å². The maximum atomic E-state index is 13.0. The predicted octanol–water partition coefficient (Wildman–Crippen LogP) is 2.34. The summed E-state index contributed by atoms with van der Waals surface area (Å²) in [5.41, 5.74) is 1.86.